The van der Waals surface area contributed by atoms with Gasteiger partial charge in [0.05, 0.1) is 12.7 Å². The van der Waals surface area contributed by atoms with Crippen LogP contribution in [-0.2, 0) is 19.1 Å². The lowest BCUT2D eigenvalue weighted by Crippen LogP contribution is -2.50. The van der Waals surface area contributed by atoms with Crippen molar-refractivity contribution in [2.24, 2.45) is 0 Å². The standard InChI is InChI=1S/C9H14O5/c1-3-7(11)14-9-5(2)13-4-6(10)8(9)12/h5-6,9-10H,3-4H2,1-2H3. The molecule has 0 amide bonds. The van der Waals surface area contributed by atoms with Crippen LogP contribution in [0.25, 0.3) is 0 Å². The van der Waals surface area contributed by atoms with Crippen molar-refractivity contribution in [2.45, 2.75) is 38.6 Å². The summed E-state index contributed by atoms with van der Waals surface area (Å²) in [5.41, 5.74) is 0. The zero-order chi connectivity index (χ0) is 10.7. The number of ether oxygens (including phenoxy) is 2. The molecule has 3 atom stereocenters. The third-order valence-corrected chi connectivity index (χ3v) is 2.10. The molecule has 0 aromatic rings. The highest BCUT2D eigenvalue weighted by molar-refractivity contribution is 5.90. The van der Waals surface area contributed by atoms with Crippen LogP contribution >= 0.6 is 0 Å². The van der Waals surface area contributed by atoms with E-state index in [1.165, 1.54) is 0 Å². The summed E-state index contributed by atoms with van der Waals surface area (Å²) >= 11 is 0. The number of rotatable bonds is 2. The quantitative estimate of drug-likeness (QED) is 0.620. The van der Waals surface area contributed by atoms with Gasteiger partial charge < -0.3 is 14.6 Å². The van der Waals surface area contributed by atoms with Crippen LogP contribution in [0.4, 0.5) is 0 Å². The summed E-state index contributed by atoms with van der Waals surface area (Å²) < 4.78 is 9.93. The molecule has 1 fully saturated rings. The normalized spacial score (nSPS) is 32.8. The Balaban J connectivity index is 2.63. The van der Waals surface area contributed by atoms with Crippen LogP contribution in [0.3, 0.4) is 0 Å². The maximum Gasteiger partial charge on any atom is 0.306 e. The average molecular weight is 202 g/mol. The Morgan fingerprint density at radius 2 is 2.36 bits per heavy atom. The maximum absolute atomic E-state index is 11.4. The summed E-state index contributed by atoms with van der Waals surface area (Å²) in [6.45, 7) is 3.25. The minimum atomic E-state index is -1.18. The lowest BCUT2D eigenvalue weighted by Gasteiger charge is -2.30. The summed E-state index contributed by atoms with van der Waals surface area (Å²) in [7, 11) is 0. The van der Waals surface area contributed by atoms with E-state index in [4.69, 9.17) is 9.47 Å². The first-order valence-electron chi connectivity index (χ1n) is 4.59. The molecule has 1 aliphatic rings. The van der Waals surface area contributed by atoms with Gasteiger partial charge in [-0.15, -0.1) is 0 Å². The van der Waals surface area contributed by atoms with Gasteiger partial charge in [0.25, 0.3) is 0 Å². The molecule has 1 rings (SSSR count). The van der Waals surface area contributed by atoms with E-state index in [0.29, 0.717) is 0 Å². The molecule has 0 saturated carbocycles. The highest BCUT2D eigenvalue weighted by atomic mass is 16.6. The number of hydrogen-bond acceptors (Lipinski definition) is 5. The fourth-order valence-electron chi connectivity index (χ4n) is 1.21. The first-order valence-corrected chi connectivity index (χ1v) is 4.59. The average Bonchev–Trinajstić information content (AvgIpc) is 2.18. The van der Waals surface area contributed by atoms with Gasteiger partial charge in [0.2, 0.25) is 5.78 Å². The number of carbonyl (C=O) groups excluding carboxylic acids is 2. The molecule has 5 heteroatoms. The number of Topliss-reactive ketones (excluding diaryl/α,β-unsaturated/α-hetero) is 1. The Morgan fingerprint density at radius 1 is 1.71 bits per heavy atom. The van der Waals surface area contributed by atoms with E-state index in [1.807, 2.05) is 0 Å². The predicted molar refractivity (Wildman–Crippen MR) is 46.6 cm³/mol. The molecule has 1 heterocycles. The maximum atomic E-state index is 11.4. The minimum absolute atomic E-state index is 0.0276. The van der Waals surface area contributed by atoms with Crippen molar-refractivity contribution in [3.8, 4) is 0 Å². The number of esters is 1. The second-order valence-corrected chi connectivity index (χ2v) is 3.22. The van der Waals surface area contributed by atoms with E-state index in [2.05, 4.69) is 0 Å². The smallest absolute Gasteiger partial charge is 0.306 e. The number of ketones is 1. The largest absolute Gasteiger partial charge is 0.451 e. The Labute approximate surface area is 82.0 Å². The molecule has 0 radical (unpaired) electrons. The molecule has 0 spiro atoms. The number of carbonyl (C=O) groups is 2. The van der Waals surface area contributed by atoms with Gasteiger partial charge in [-0.3, -0.25) is 9.59 Å². The van der Waals surface area contributed by atoms with E-state index >= 15 is 0 Å². The topological polar surface area (TPSA) is 72.8 Å². The third kappa shape index (κ3) is 2.30. The summed E-state index contributed by atoms with van der Waals surface area (Å²) in [6, 6.07) is 0. The van der Waals surface area contributed by atoms with E-state index in [-0.39, 0.29) is 13.0 Å². The van der Waals surface area contributed by atoms with Gasteiger partial charge in [-0.25, -0.2) is 0 Å². The summed E-state index contributed by atoms with van der Waals surface area (Å²) in [6.07, 6.45) is -2.43. The molecular formula is C9H14O5. The van der Waals surface area contributed by atoms with Gasteiger partial charge in [0.15, 0.2) is 6.10 Å². The second-order valence-electron chi connectivity index (χ2n) is 3.22. The molecule has 1 saturated heterocycles. The van der Waals surface area contributed by atoms with Gasteiger partial charge in [-0.2, -0.15) is 0 Å². The molecule has 3 unspecified atom stereocenters. The van der Waals surface area contributed by atoms with Gasteiger partial charge in [0, 0.05) is 6.42 Å². The molecule has 0 aliphatic carbocycles. The molecule has 5 nitrogen and oxygen atoms in total. The molecule has 1 N–H and O–H groups in total. The van der Waals surface area contributed by atoms with Crippen LogP contribution in [0.1, 0.15) is 20.3 Å². The molecule has 0 bridgehead atoms. The van der Waals surface area contributed by atoms with Crippen molar-refractivity contribution in [2.75, 3.05) is 6.61 Å². The van der Waals surface area contributed by atoms with Crippen LogP contribution in [0.5, 0.6) is 0 Å². The molecule has 0 aromatic carbocycles. The van der Waals surface area contributed by atoms with E-state index < -0.39 is 30.1 Å². The van der Waals surface area contributed by atoms with E-state index in [1.54, 1.807) is 13.8 Å². The van der Waals surface area contributed by atoms with Crippen LogP contribution < -0.4 is 0 Å². The minimum Gasteiger partial charge on any atom is -0.451 e. The van der Waals surface area contributed by atoms with Crippen molar-refractivity contribution >= 4 is 11.8 Å². The van der Waals surface area contributed by atoms with E-state index in [0.717, 1.165) is 0 Å². The van der Waals surface area contributed by atoms with Crippen molar-refractivity contribution in [1.29, 1.82) is 0 Å². The van der Waals surface area contributed by atoms with Crippen molar-refractivity contribution < 1.29 is 24.2 Å². The number of hydrogen-bond donors (Lipinski definition) is 1. The highest BCUT2D eigenvalue weighted by Gasteiger charge is 2.38. The molecule has 14 heavy (non-hydrogen) atoms. The van der Waals surface area contributed by atoms with Gasteiger partial charge in [-0.1, -0.05) is 6.92 Å². The van der Waals surface area contributed by atoms with Gasteiger partial charge in [-0.05, 0) is 6.92 Å². The Kier molecular flexibility index (Phi) is 3.60. The monoisotopic (exact) mass is 202 g/mol. The van der Waals surface area contributed by atoms with Crippen LogP contribution in [0.2, 0.25) is 0 Å². The van der Waals surface area contributed by atoms with Crippen molar-refractivity contribution in [3.63, 3.8) is 0 Å². The number of aliphatic hydroxyl groups is 1. The second kappa shape index (κ2) is 4.52. The lowest BCUT2D eigenvalue weighted by atomic mass is 10.0. The van der Waals surface area contributed by atoms with Gasteiger partial charge in [0.1, 0.15) is 6.10 Å². The molecular weight excluding hydrogens is 188 g/mol. The first-order chi connectivity index (χ1) is 6.56. The predicted octanol–water partition coefficient (Wildman–Crippen LogP) is -0.343. The third-order valence-electron chi connectivity index (χ3n) is 2.10. The van der Waals surface area contributed by atoms with Crippen LogP contribution in [-0.4, -0.2) is 41.8 Å². The molecule has 0 aromatic heterocycles. The Morgan fingerprint density at radius 3 is 2.93 bits per heavy atom. The SMILES string of the molecule is CCC(=O)OC1C(=O)C(O)COC1C. The summed E-state index contributed by atoms with van der Waals surface area (Å²) in [5.74, 6) is -0.946. The van der Waals surface area contributed by atoms with Crippen molar-refractivity contribution in [1.82, 2.24) is 0 Å². The zero-order valence-electron chi connectivity index (χ0n) is 8.23. The van der Waals surface area contributed by atoms with Crippen LogP contribution in [0, 0.1) is 0 Å². The first kappa shape index (κ1) is 11.1. The molecule has 1 aliphatic heterocycles. The number of aliphatic hydroxyl groups excluding tert-OH is 1. The highest BCUT2D eigenvalue weighted by Crippen LogP contribution is 2.14. The fraction of sp³-hybridized carbons (Fsp3) is 0.778. The van der Waals surface area contributed by atoms with Gasteiger partial charge >= 0.3 is 5.97 Å². The summed E-state index contributed by atoms with van der Waals surface area (Å²) in [5, 5.41) is 9.19. The molecule has 80 valence electrons. The summed E-state index contributed by atoms with van der Waals surface area (Å²) in [4.78, 5) is 22.3. The zero-order valence-corrected chi connectivity index (χ0v) is 8.23. The fourth-order valence-corrected chi connectivity index (χ4v) is 1.21. The lowest BCUT2D eigenvalue weighted by molar-refractivity contribution is -0.179. The Bertz CT molecular complexity index is 237. The van der Waals surface area contributed by atoms with Crippen LogP contribution in [0.15, 0.2) is 0 Å². The van der Waals surface area contributed by atoms with E-state index in [9.17, 15) is 14.7 Å². The Hall–Kier alpha value is -0.940. The van der Waals surface area contributed by atoms with Crippen molar-refractivity contribution in [3.05, 3.63) is 0 Å².